The Kier molecular flexibility index (Phi) is 9.45. The van der Waals surface area contributed by atoms with E-state index in [1.165, 1.54) is 37.1 Å². The van der Waals surface area contributed by atoms with E-state index in [-0.39, 0.29) is 5.91 Å². The van der Waals surface area contributed by atoms with Crippen LogP contribution in [0.4, 0.5) is 5.82 Å². The number of carbonyl (C=O) groups excluding carboxylic acids is 1. The predicted octanol–water partition coefficient (Wildman–Crippen LogP) is 4.24. The van der Waals surface area contributed by atoms with Crippen molar-refractivity contribution in [1.29, 1.82) is 0 Å². The number of likely N-dealkylation sites (tertiary alicyclic amines) is 2. The van der Waals surface area contributed by atoms with Crippen molar-refractivity contribution in [2.24, 2.45) is 5.92 Å². The summed E-state index contributed by atoms with van der Waals surface area (Å²) < 4.78 is 11.7. The molecule has 1 aromatic carbocycles. The number of ether oxygens (including phenoxy) is 2. The lowest BCUT2D eigenvalue weighted by Crippen LogP contribution is -2.40. The minimum Gasteiger partial charge on any atom is -0.493 e. The molecule has 2 aliphatic heterocycles. The molecule has 2 aliphatic rings. The molecule has 4 rings (SSSR count). The number of rotatable bonds is 11. The lowest BCUT2D eigenvalue weighted by Gasteiger charge is -2.33. The van der Waals surface area contributed by atoms with E-state index in [2.05, 4.69) is 46.1 Å². The maximum atomic E-state index is 11.6. The van der Waals surface area contributed by atoms with Gasteiger partial charge in [0.2, 0.25) is 5.91 Å². The third kappa shape index (κ3) is 7.36. The van der Waals surface area contributed by atoms with Crippen LogP contribution in [-0.4, -0.2) is 80.7 Å². The number of piperidine rings is 1. The Morgan fingerprint density at radius 2 is 1.81 bits per heavy atom. The Bertz CT molecular complexity index is 984. The molecule has 196 valence electrons. The quantitative estimate of drug-likeness (QED) is 0.436. The summed E-state index contributed by atoms with van der Waals surface area (Å²) in [6, 6.07) is 10.5. The smallest absolute Gasteiger partial charge is 0.219 e. The highest BCUT2D eigenvalue weighted by Gasteiger charge is 2.22. The molecule has 3 heterocycles. The summed E-state index contributed by atoms with van der Waals surface area (Å²) in [5.41, 5.74) is 2.42. The number of amides is 1. The van der Waals surface area contributed by atoms with Crippen LogP contribution in [0.25, 0.3) is 0 Å². The van der Waals surface area contributed by atoms with Gasteiger partial charge in [0.1, 0.15) is 5.82 Å². The molecule has 36 heavy (non-hydrogen) atoms. The van der Waals surface area contributed by atoms with Gasteiger partial charge in [-0.2, -0.15) is 0 Å². The number of aromatic nitrogens is 1. The first-order valence-electron chi connectivity index (χ1n) is 13.5. The van der Waals surface area contributed by atoms with Gasteiger partial charge in [0.15, 0.2) is 11.5 Å². The van der Waals surface area contributed by atoms with Gasteiger partial charge >= 0.3 is 0 Å². The number of hydrogen-bond acceptors (Lipinski definition) is 6. The van der Waals surface area contributed by atoms with Crippen LogP contribution in [0.1, 0.15) is 50.2 Å². The number of hydrogen-bond donors (Lipinski definition) is 0. The zero-order valence-electron chi connectivity index (χ0n) is 22.2. The average Bonchev–Trinajstić information content (AvgIpc) is 3.41. The molecule has 2 fully saturated rings. The van der Waals surface area contributed by atoms with Gasteiger partial charge in [-0.25, -0.2) is 4.98 Å². The maximum Gasteiger partial charge on any atom is 0.219 e. The maximum absolute atomic E-state index is 11.6. The molecule has 0 N–H and O–H groups in total. The van der Waals surface area contributed by atoms with Crippen molar-refractivity contribution in [3.63, 3.8) is 0 Å². The number of benzene rings is 1. The molecule has 0 aliphatic carbocycles. The Labute approximate surface area is 216 Å². The molecule has 2 saturated heterocycles. The summed E-state index contributed by atoms with van der Waals surface area (Å²) in [4.78, 5) is 22.9. The van der Waals surface area contributed by atoms with Crippen molar-refractivity contribution in [1.82, 2.24) is 14.8 Å². The van der Waals surface area contributed by atoms with Crippen LogP contribution >= 0.6 is 0 Å². The first-order chi connectivity index (χ1) is 17.5. The molecule has 0 bridgehead atoms. The van der Waals surface area contributed by atoms with Crippen molar-refractivity contribution in [3.05, 3.63) is 47.7 Å². The van der Waals surface area contributed by atoms with Gasteiger partial charge in [0.25, 0.3) is 0 Å². The second-order valence-corrected chi connectivity index (χ2v) is 10.3. The molecule has 0 spiro atoms. The van der Waals surface area contributed by atoms with E-state index in [0.29, 0.717) is 12.5 Å². The normalized spacial score (nSPS) is 16.8. The molecule has 1 amide bonds. The topological polar surface area (TPSA) is 58.1 Å². The summed E-state index contributed by atoms with van der Waals surface area (Å²) in [6.45, 7) is 8.59. The summed E-state index contributed by atoms with van der Waals surface area (Å²) >= 11 is 0. The molecule has 0 radical (unpaired) electrons. The van der Waals surface area contributed by atoms with Crippen molar-refractivity contribution >= 4 is 11.7 Å². The molecule has 7 nitrogen and oxygen atoms in total. The van der Waals surface area contributed by atoms with Gasteiger partial charge in [-0.05, 0) is 92.9 Å². The highest BCUT2D eigenvalue weighted by atomic mass is 16.5. The van der Waals surface area contributed by atoms with E-state index >= 15 is 0 Å². The summed E-state index contributed by atoms with van der Waals surface area (Å²) in [7, 11) is 3.81. The minimum absolute atomic E-state index is 0.186. The first kappa shape index (κ1) is 26.3. The van der Waals surface area contributed by atoms with Crippen molar-refractivity contribution < 1.29 is 14.3 Å². The third-order valence-electron chi connectivity index (χ3n) is 7.50. The zero-order chi connectivity index (χ0) is 25.3. The summed E-state index contributed by atoms with van der Waals surface area (Å²) in [5.74, 6) is 3.37. The van der Waals surface area contributed by atoms with Gasteiger partial charge in [-0.3, -0.25) is 4.79 Å². The molecule has 2 aromatic rings. The van der Waals surface area contributed by atoms with E-state index in [0.717, 1.165) is 69.2 Å². The molecule has 0 atom stereocenters. The standard InChI is InChI=1S/C29H42N4O3/c1-23(34)33-16-10-24(11-17-33)22-31(2)29-21-26(9-12-30-29)19-25-7-8-27(35-3)28(20-25)36-18-6-15-32-13-4-5-14-32/h7-9,12,20-21,24H,4-6,10-11,13-19,22H2,1-3H3. The van der Waals surface area contributed by atoms with E-state index in [1.54, 1.807) is 14.0 Å². The predicted molar refractivity (Wildman–Crippen MR) is 144 cm³/mol. The van der Waals surface area contributed by atoms with Crippen LogP contribution in [0.5, 0.6) is 11.5 Å². The Hall–Kier alpha value is -2.80. The summed E-state index contributed by atoms with van der Waals surface area (Å²) in [5, 5.41) is 0. The molecule has 7 heteroatoms. The fourth-order valence-electron chi connectivity index (χ4n) is 5.35. The van der Waals surface area contributed by atoms with Crippen molar-refractivity contribution in [2.75, 3.05) is 64.9 Å². The van der Waals surface area contributed by atoms with E-state index < -0.39 is 0 Å². The fraction of sp³-hybridized carbons (Fsp3) is 0.586. The van der Waals surface area contributed by atoms with Crippen LogP contribution in [-0.2, 0) is 11.2 Å². The highest BCUT2D eigenvalue weighted by Crippen LogP contribution is 2.30. The number of methoxy groups -OCH3 is 1. The Morgan fingerprint density at radius 3 is 2.53 bits per heavy atom. The van der Waals surface area contributed by atoms with Crippen molar-refractivity contribution in [3.8, 4) is 11.5 Å². The molecule has 0 unspecified atom stereocenters. The summed E-state index contributed by atoms with van der Waals surface area (Å²) in [6.07, 6.45) is 8.49. The highest BCUT2D eigenvalue weighted by molar-refractivity contribution is 5.73. The van der Waals surface area contributed by atoms with Crippen LogP contribution in [0.3, 0.4) is 0 Å². The average molecular weight is 495 g/mol. The van der Waals surface area contributed by atoms with Crippen molar-refractivity contribution in [2.45, 2.75) is 45.4 Å². The molecule has 1 aromatic heterocycles. The number of carbonyl (C=O) groups is 1. The Morgan fingerprint density at radius 1 is 1.06 bits per heavy atom. The number of pyridine rings is 1. The van der Waals surface area contributed by atoms with Gasteiger partial charge in [0, 0.05) is 46.3 Å². The van der Waals surface area contributed by atoms with Gasteiger partial charge in [-0.1, -0.05) is 6.07 Å². The monoisotopic (exact) mass is 494 g/mol. The van der Waals surface area contributed by atoms with Crippen LogP contribution < -0.4 is 14.4 Å². The zero-order valence-corrected chi connectivity index (χ0v) is 22.2. The van der Waals surface area contributed by atoms with E-state index in [1.807, 2.05) is 17.2 Å². The van der Waals surface area contributed by atoms with Crippen LogP contribution in [0.2, 0.25) is 0 Å². The van der Waals surface area contributed by atoms with Crippen LogP contribution in [0.15, 0.2) is 36.5 Å². The molecule has 0 saturated carbocycles. The first-order valence-corrected chi connectivity index (χ1v) is 13.5. The van der Waals surface area contributed by atoms with Gasteiger partial charge in [-0.15, -0.1) is 0 Å². The van der Waals surface area contributed by atoms with E-state index in [9.17, 15) is 4.79 Å². The Balaban J connectivity index is 1.32. The second-order valence-electron chi connectivity index (χ2n) is 10.3. The fourth-order valence-corrected chi connectivity index (χ4v) is 5.35. The van der Waals surface area contributed by atoms with E-state index in [4.69, 9.17) is 9.47 Å². The number of nitrogens with zero attached hydrogens (tertiary/aromatic N) is 4. The largest absolute Gasteiger partial charge is 0.493 e. The molecular weight excluding hydrogens is 452 g/mol. The lowest BCUT2D eigenvalue weighted by molar-refractivity contribution is -0.130. The SMILES string of the molecule is COc1ccc(Cc2ccnc(N(C)CC3CCN(C(C)=O)CC3)c2)cc1OCCCN1CCCC1. The van der Waals surface area contributed by atoms with Gasteiger partial charge < -0.3 is 24.2 Å². The molecular formula is C29H42N4O3. The second kappa shape index (κ2) is 12.9. The minimum atomic E-state index is 0.186. The van der Waals surface area contributed by atoms with Crippen LogP contribution in [0, 0.1) is 5.92 Å². The number of anilines is 1. The third-order valence-corrected chi connectivity index (χ3v) is 7.50. The lowest BCUT2D eigenvalue weighted by atomic mass is 9.96. The van der Waals surface area contributed by atoms with Gasteiger partial charge in [0.05, 0.1) is 13.7 Å².